The Hall–Kier alpha value is -2.08. The Kier molecular flexibility index (Phi) is 2.45. The van der Waals surface area contributed by atoms with E-state index in [0.29, 0.717) is 26.8 Å². The van der Waals surface area contributed by atoms with Gasteiger partial charge in [-0.15, -0.1) is 0 Å². The Labute approximate surface area is 109 Å². The lowest BCUT2D eigenvalue weighted by atomic mass is 10.1. The largest absolute Gasteiger partial charge is 0.457 e. The number of aromatic nitrogens is 2. The minimum Gasteiger partial charge on any atom is -0.457 e. The lowest BCUT2D eigenvalue weighted by Crippen LogP contribution is -2.00. The maximum atomic E-state index is 12.2. The number of H-pyrrole nitrogens is 2. The summed E-state index contributed by atoms with van der Waals surface area (Å²) in [4.78, 5) is 28.6. The summed E-state index contributed by atoms with van der Waals surface area (Å²) in [6.07, 6.45) is 1.44. The van der Waals surface area contributed by atoms with E-state index in [1.807, 2.05) is 0 Å². The second-order valence-electron chi connectivity index (χ2n) is 3.78. The number of rotatable bonds is 2. The van der Waals surface area contributed by atoms with E-state index < -0.39 is 0 Å². The molecule has 2 N–H and O–H groups in total. The molecule has 6 heteroatoms. The Morgan fingerprint density at radius 2 is 1.94 bits per heavy atom. The molecule has 0 fully saturated rings. The lowest BCUT2D eigenvalue weighted by molar-refractivity contribution is 0.103. The van der Waals surface area contributed by atoms with E-state index in [4.69, 9.17) is 4.42 Å². The van der Waals surface area contributed by atoms with E-state index in [2.05, 4.69) is 25.9 Å². The molecule has 0 bridgehead atoms. The molecule has 3 aromatic rings. The molecule has 2 aromatic heterocycles. The number of ketones is 1. The van der Waals surface area contributed by atoms with Crippen LogP contribution in [0, 0.1) is 0 Å². The summed E-state index contributed by atoms with van der Waals surface area (Å²) in [6.45, 7) is 0. The van der Waals surface area contributed by atoms with Gasteiger partial charge >= 0.3 is 5.69 Å². The third-order valence-electron chi connectivity index (χ3n) is 2.64. The van der Waals surface area contributed by atoms with Crippen molar-refractivity contribution in [3.63, 3.8) is 0 Å². The van der Waals surface area contributed by atoms with E-state index in [9.17, 15) is 9.59 Å². The number of nitrogens with one attached hydrogen (secondary N) is 2. The normalized spacial score (nSPS) is 10.9. The fraction of sp³-hybridized carbons (Fsp3) is 0. The third-order valence-corrected chi connectivity index (χ3v) is 3.25. The van der Waals surface area contributed by atoms with Crippen molar-refractivity contribution in [3.05, 3.63) is 56.8 Å². The molecular weight excluding hydrogens is 300 g/mol. The number of carbonyl (C=O) groups is 1. The van der Waals surface area contributed by atoms with Gasteiger partial charge in [0.2, 0.25) is 0 Å². The molecule has 5 nitrogen and oxygen atoms in total. The quantitative estimate of drug-likeness (QED) is 0.714. The first-order valence-electron chi connectivity index (χ1n) is 5.15. The van der Waals surface area contributed by atoms with E-state index in [0.717, 1.165) is 0 Å². The highest BCUT2D eigenvalue weighted by molar-refractivity contribution is 9.10. The Balaban J connectivity index is 2.12. The highest BCUT2D eigenvalue weighted by Gasteiger charge is 2.15. The number of hydrogen-bond acceptors (Lipinski definition) is 3. The number of carbonyl (C=O) groups excluding carboxylic acids is 1. The predicted octanol–water partition coefficient (Wildman–Crippen LogP) is 2.44. The number of furan rings is 1. The monoisotopic (exact) mass is 306 g/mol. The summed E-state index contributed by atoms with van der Waals surface area (Å²) in [7, 11) is 0. The van der Waals surface area contributed by atoms with Gasteiger partial charge in [-0.3, -0.25) is 4.79 Å². The van der Waals surface area contributed by atoms with Crippen LogP contribution in [-0.2, 0) is 0 Å². The van der Waals surface area contributed by atoms with Gasteiger partial charge in [-0.05, 0) is 40.2 Å². The second-order valence-corrected chi connectivity index (χ2v) is 4.50. The minimum absolute atomic E-state index is 0.167. The molecule has 0 atom stereocenters. The zero-order valence-corrected chi connectivity index (χ0v) is 10.6. The minimum atomic E-state index is -0.293. The number of fused-ring (bicyclic) bond motifs is 1. The van der Waals surface area contributed by atoms with Crippen LogP contribution in [0.25, 0.3) is 11.0 Å². The number of halogens is 1. The molecule has 90 valence electrons. The maximum Gasteiger partial charge on any atom is 0.323 e. The number of benzene rings is 1. The first-order chi connectivity index (χ1) is 8.65. The Bertz CT molecular complexity index is 797. The molecule has 0 saturated heterocycles. The average Bonchev–Trinajstić information content (AvgIpc) is 2.91. The van der Waals surface area contributed by atoms with Gasteiger partial charge in [-0.2, -0.15) is 0 Å². The molecule has 0 unspecified atom stereocenters. The predicted molar refractivity (Wildman–Crippen MR) is 68.8 cm³/mol. The maximum absolute atomic E-state index is 12.2. The van der Waals surface area contributed by atoms with Crippen molar-refractivity contribution >= 4 is 32.7 Å². The fourth-order valence-electron chi connectivity index (χ4n) is 1.79. The van der Waals surface area contributed by atoms with E-state index in [1.54, 1.807) is 24.3 Å². The summed E-state index contributed by atoms with van der Waals surface area (Å²) in [5.74, 6) is -0.167. The van der Waals surface area contributed by atoms with Crippen LogP contribution in [-0.4, -0.2) is 15.8 Å². The Morgan fingerprint density at radius 1 is 1.17 bits per heavy atom. The first-order valence-corrected chi connectivity index (χ1v) is 5.94. The SMILES string of the molecule is O=C(c1ccc2[nH]c(=O)[nH]c2c1)c1ccoc1Br. The zero-order valence-electron chi connectivity index (χ0n) is 8.99. The summed E-state index contributed by atoms with van der Waals surface area (Å²) in [5.41, 5.74) is 1.92. The van der Waals surface area contributed by atoms with Crippen LogP contribution >= 0.6 is 15.9 Å². The smallest absolute Gasteiger partial charge is 0.323 e. The van der Waals surface area contributed by atoms with Crippen LogP contribution < -0.4 is 5.69 Å². The van der Waals surface area contributed by atoms with Crippen LogP contribution in [0.3, 0.4) is 0 Å². The van der Waals surface area contributed by atoms with Crippen LogP contribution in [0.2, 0.25) is 0 Å². The topological polar surface area (TPSA) is 78.9 Å². The summed E-state index contributed by atoms with van der Waals surface area (Å²) >= 11 is 3.17. The van der Waals surface area contributed by atoms with Gasteiger partial charge in [-0.1, -0.05) is 0 Å². The van der Waals surface area contributed by atoms with Gasteiger partial charge in [-0.25, -0.2) is 4.79 Å². The second kappa shape index (κ2) is 3.99. The molecule has 0 spiro atoms. The molecule has 0 saturated carbocycles. The third kappa shape index (κ3) is 1.70. The molecule has 0 radical (unpaired) electrons. The molecule has 0 amide bonds. The van der Waals surface area contributed by atoms with E-state index in [-0.39, 0.29) is 11.5 Å². The highest BCUT2D eigenvalue weighted by atomic mass is 79.9. The number of hydrogen-bond donors (Lipinski definition) is 2. The van der Waals surface area contributed by atoms with Gasteiger partial charge in [0.25, 0.3) is 0 Å². The molecule has 3 rings (SSSR count). The van der Waals surface area contributed by atoms with Gasteiger partial charge in [0, 0.05) is 5.56 Å². The first kappa shape index (κ1) is 11.0. The van der Waals surface area contributed by atoms with Crippen molar-refractivity contribution in [3.8, 4) is 0 Å². The summed E-state index contributed by atoms with van der Waals surface area (Å²) < 4.78 is 5.43. The molecular formula is C12H7BrN2O3. The van der Waals surface area contributed by atoms with Crippen LogP contribution in [0.4, 0.5) is 0 Å². The van der Waals surface area contributed by atoms with Crippen LogP contribution in [0.5, 0.6) is 0 Å². The average molecular weight is 307 g/mol. The van der Waals surface area contributed by atoms with Crippen LogP contribution in [0.1, 0.15) is 15.9 Å². The van der Waals surface area contributed by atoms with Crippen molar-refractivity contribution in [2.75, 3.05) is 0 Å². The van der Waals surface area contributed by atoms with Crippen molar-refractivity contribution in [2.24, 2.45) is 0 Å². The molecule has 0 aliphatic carbocycles. The van der Waals surface area contributed by atoms with Crippen molar-refractivity contribution in [1.82, 2.24) is 9.97 Å². The fourth-order valence-corrected chi connectivity index (χ4v) is 2.21. The van der Waals surface area contributed by atoms with Gasteiger partial charge in [0.05, 0.1) is 22.9 Å². The highest BCUT2D eigenvalue weighted by Crippen LogP contribution is 2.22. The van der Waals surface area contributed by atoms with E-state index in [1.165, 1.54) is 6.26 Å². The molecule has 1 aromatic carbocycles. The molecule has 18 heavy (non-hydrogen) atoms. The van der Waals surface area contributed by atoms with Gasteiger partial charge in [0.1, 0.15) is 0 Å². The van der Waals surface area contributed by atoms with Crippen molar-refractivity contribution in [2.45, 2.75) is 0 Å². The summed E-state index contributed by atoms with van der Waals surface area (Å²) in [6, 6.07) is 6.58. The van der Waals surface area contributed by atoms with Gasteiger partial charge < -0.3 is 14.4 Å². The van der Waals surface area contributed by atoms with Crippen molar-refractivity contribution < 1.29 is 9.21 Å². The van der Waals surface area contributed by atoms with Gasteiger partial charge in [0.15, 0.2) is 10.5 Å². The number of aromatic amines is 2. The molecule has 2 heterocycles. The summed E-state index contributed by atoms with van der Waals surface area (Å²) in [5, 5.41) is 0. The lowest BCUT2D eigenvalue weighted by Gasteiger charge is -1.98. The van der Waals surface area contributed by atoms with E-state index >= 15 is 0 Å². The molecule has 0 aliphatic heterocycles. The zero-order chi connectivity index (χ0) is 12.7. The Morgan fingerprint density at radius 3 is 2.67 bits per heavy atom. The standard InChI is InChI=1S/C12H7BrN2O3/c13-11-7(3-4-18-11)10(16)6-1-2-8-9(5-6)15-12(17)14-8/h1-5H,(H2,14,15,17). The molecule has 0 aliphatic rings. The van der Waals surface area contributed by atoms with Crippen molar-refractivity contribution in [1.29, 1.82) is 0 Å². The van der Waals surface area contributed by atoms with Crippen LogP contribution in [0.15, 0.2) is 44.4 Å². The number of imidazole rings is 1.